The summed E-state index contributed by atoms with van der Waals surface area (Å²) < 4.78 is 11.6. The highest BCUT2D eigenvalue weighted by Gasteiger charge is 2.31. The predicted octanol–water partition coefficient (Wildman–Crippen LogP) is 4.25. The fourth-order valence-electron chi connectivity index (χ4n) is 2.94. The SMILES string of the molecule is Cc1c(NC(=O)C2COC(C(C)C)OC2)c(I)c(C(=O)Cl)c(C)c1C(=O)Cl. The lowest BCUT2D eigenvalue weighted by Gasteiger charge is -2.31. The molecule has 1 saturated heterocycles. The van der Waals surface area contributed by atoms with Crippen LogP contribution in [0.1, 0.15) is 45.7 Å². The number of nitrogens with one attached hydrogen (secondary N) is 1. The Morgan fingerprint density at radius 2 is 1.56 bits per heavy atom. The molecule has 1 aromatic carbocycles. The number of carbonyl (C=O) groups is 3. The summed E-state index contributed by atoms with van der Waals surface area (Å²) >= 11 is 13.3. The Morgan fingerprint density at radius 3 is 2.00 bits per heavy atom. The third-order valence-corrected chi connectivity index (χ3v) is 5.88. The summed E-state index contributed by atoms with van der Waals surface area (Å²) in [5, 5.41) is 1.33. The molecule has 2 rings (SSSR count). The number of halogens is 3. The Labute approximate surface area is 181 Å². The van der Waals surface area contributed by atoms with Gasteiger partial charge in [-0.25, -0.2) is 0 Å². The van der Waals surface area contributed by atoms with Crippen LogP contribution in [-0.2, 0) is 14.3 Å². The number of carbonyl (C=O) groups excluding carboxylic acids is 3. The zero-order chi connectivity index (χ0) is 20.5. The van der Waals surface area contributed by atoms with Gasteiger partial charge in [-0.3, -0.25) is 14.4 Å². The second kappa shape index (κ2) is 9.17. The van der Waals surface area contributed by atoms with Gasteiger partial charge in [-0.15, -0.1) is 0 Å². The number of anilines is 1. The largest absolute Gasteiger partial charge is 0.351 e. The van der Waals surface area contributed by atoms with Crippen molar-refractivity contribution < 1.29 is 23.9 Å². The molecule has 0 bridgehead atoms. The van der Waals surface area contributed by atoms with Crippen molar-refractivity contribution in [3.8, 4) is 0 Å². The smallest absolute Gasteiger partial charge is 0.253 e. The van der Waals surface area contributed by atoms with Crippen LogP contribution in [0.5, 0.6) is 0 Å². The van der Waals surface area contributed by atoms with Gasteiger partial charge in [0.15, 0.2) is 6.29 Å². The molecule has 148 valence electrons. The Bertz CT molecular complexity index is 747. The molecule has 1 heterocycles. The topological polar surface area (TPSA) is 81.7 Å². The van der Waals surface area contributed by atoms with E-state index in [-0.39, 0.29) is 42.5 Å². The molecule has 1 amide bonds. The first-order valence-corrected chi connectivity index (χ1v) is 10.2. The summed E-state index contributed by atoms with van der Waals surface area (Å²) in [5.41, 5.74) is 1.51. The fourth-order valence-corrected chi connectivity index (χ4v) is 4.81. The molecule has 1 N–H and O–H groups in total. The van der Waals surface area contributed by atoms with Gasteiger partial charge in [-0.1, -0.05) is 13.8 Å². The Kier molecular flexibility index (Phi) is 7.66. The minimum Gasteiger partial charge on any atom is -0.351 e. The van der Waals surface area contributed by atoms with Gasteiger partial charge < -0.3 is 14.8 Å². The fraction of sp³-hybridized carbons (Fsp3) is 0.500. The van der Waals surface area contributed by atoms with Crippen LogP contribution in [0.15, 0.2) is 0 Å². The lowest BCUT2D eigenvalue weighted by Crippen LogP contribution is -2.41. The molecular formula is C18H20Cl2INO5. The molecule has 1 aliphatic heterocycles. The molecular weight excluding hydrogens is 508 g/mol. The van der Waals surface area contributed by atoms with Gasteiger partial charge >= 0.3 is 0 Å². The van der Waals surface area contributed by atoms with E-state index in [4.69, 9.17) is 32.7 Å². The van der Waals surface area contributed by atoms with E-state index in [9.17, 15) is 14.4 Å². The number of hydrogen-bond donors (Lipinski definition) is 1. The van der Waals surface area contributed by atoms with E-state index in [0.717, 1.165) is 0 Å². The van der Waals surface area contributed by atoms with Crippen molar-refractivity contribution in [2.24, 2.45) is 11.8 Å². The number of amides is 1. The Balaban J connectivity index is 2.34. The molecule has 0 saturated carbocycles. The van der Waals surface area contributed by atoms with Crippen molar-refractivity contribution in [3.63, 3.8) is 0 Å². The van der Waals surface area contributed by atoms with E-state index in [0.29, 0.717) is 20.4 Å². The normalized spacial score (nSPS) is 19.9. The molecule has 0 aliphatic carbocycles. The molecule has 27 heavy (non-hydrogen) atoms. The standard InChI is InChI=1S/C18H20Cl2INO5/c1-7(2)18-26-5-10(6-27-18)17(25)22-14-9(4)11(15(19)23)8(3)12(13(14)21)16(20)24/h7,10,18H,5-6H2,1-4H3,(H,22,25). The van der Waals surface area contributed by atoms with Gasteiger partial charge in [0.2, 0.25) is 5.91 Å². The first-order chi connectivity index (χ1) is 12.6. The summed E-state index contributed by atoms with van der Waals surface area (Å²) in [6, 6.07) is 0. The van der Waals surface area contributed by atoms with Crippen LogP contribution < -0.4 is 5.32 Å². The highest BCUT2D eigenvalue weighted by atomic mass is 127. The maximum absolute atomic E-state index is 12.7. The minimum atomic E-state index is -0.726. The lowest BCUT2D eigenvalue weighted by molar-refractivity contribution is -0.217. The van der Waals surface area contributed by atoms with Gasteiger partial charge in [0.25, 0.3) is 10.5 Å². The van der Waals surface area contributed by atoms with E-state index in [1.165, 1.54) is 0 Å². The maximum Gasteiger partial charge on any atom is 0.253 e. The average Bonchev–Trinajstić information content (AvgIpc) is 2.57. The van der Waals surface area contributed by atoms with Crippen LogP contribution in [0, 0.1) is 29.3 Å². The van der Waals surface area contributed by atoms with Crippen LogP contribution in [-0.4, -0.2) is 35.9 Å². The van der Waals surface area contributed by atoms with E-state index < -0.39 is 16.4 Å². The van der Waals surface area contributed by atoms with Gasteiger partial charge in [-0.2, -0.15) is 0 Å². The zero-order valence-corrected chi connectivity index (χ0v) is 19.0. The minimum absolute atomic E-state index is 0.151. The summed E-state index contributed by atoms with van der Waals surface area (Å²) in [5.74, 6) is -0.659. The van der Waals surface area contributed by atoms with Gasteiger partial charge in [0.1, 0.15) is 0 Å². The van der Waals surface area contributed by atoms with Crippen LogP contribution >= 0.6 is 45.8 Å². The molecule has 6 nitrogen and oxygen atoms in total. The van der Waals surface area contributed by atoms with Crippen molar-refractivity contribution in [1.82, 2.24) is 0 Å². The second-order valence-corrected chi connectivity index (χ2v) is 8.47. The molecule has 9 heteroatoms. The van der Waals surface area contributed by atoms with Gasteiger partial charge in [0, 0.05) is 15.1 Å². The van der Waals surface area contributed by atoms with E-state index in [1.807, 2.05) is 36.4 Å². The summed E-state index contributed by atoms with van der Waals surface area (Å²) in [4.78, 5) is 36.4. The van der Waals surface area contributed by atoms with Crippen molar-refractivity contribution in [1.29, 1.82) is 0 Å². The van der Waals surface area contributed by atoms with Crippen LogP contribution in [0.4, 0.5) is 5.69 Å². The molecule has 0 atom stereocenters. The first-order valence-electron chi connectivity index (χ1n) is 8.32. The third-order valence-electron chi connectivity index (χ3n) is 4.42. The highest BCUT2D eigenvalue weighted by Crippen LogP contribution is 2.35. The summed E-state index contributed by atoms with van der Waals surface area (Å²) in [6.45, 7) is 7.64. The number of rotatable bonds is 5. The molecule has 0 aromatic heterocycles. The highest BCUT2D eigenvalue weighted by molar-refractivity contribution is 14.1. The number of benzene rings is 1. The molecule has 0 radical (unpaired) electrons. The predicted molar refractivity (Wildman–Crippen MR) is 112 cm³/mol. The molecule has 0 spiro atoms. The van der Waals surface area contributed by atoms with E-state index in [2.05, 4.69) is 5.32 Å². The number of ether oxygens (including phenoxy) is 2. The van der Waals surface area contributed by atoms with Crippen LogP contribution in [0.2, 0.25) is 0 Å². The molecule has 1 fully saturated rings. The molecule has 1 aromatic rings. The number of hydrogen-bond acceptors (Lipinski definition) is 5. The quantitative estimate of drug-likeness (QED) is 0.457. The Morgan fingerprint density at radius 1 is 1.04 bits per heavy atom. The third kappa shape index (κ3) is 4.82. The molecule has 0 unspecified atom stereocenters. The van der Waals surface area contributed by atoms with Gasteiger partial charge in [0.05, 0.1) is 30.4 Å². The zero-order valence-electron chi connectivity index (χ0n) is 15.3. The average molecular weight is 528 g/mol. The van der Waals surface area contributed by atoms with Crippen LogP contribution in [0.3, 0.4) is 0 Å². The van der Waals surface area contributed by atoms with Crippen molar-refractivity contribution >= 4 is 67.9 Å². The maximum atomic E-state index is 12.7. The van der Waals surface area contributed by atoms with Gasteiger partial charge in [-0.05, 0) is 70.8 Å². The second-order valence-electron chi connectivity index (χ2n) is 6.70. The summed E-state index contributed by atoms with van der Waals surface area (Å²) in [6.07, 6.45) is -0.337. The van der Waals surface area contributed by atoms with Crippen molar-refractivity contribution in [2.45, 2.75) is 34.0 Å². The monoisotopic (exact) mass is 527 g/mol. The van der Waals surface area contributed by atoms with E-state index in [1.54, 1.807) is 13.8 Å². The van der Waals surface area contributed by atoms with Crippen LogP contribution in [0.25, 0.3) is 0 Å². The van der Waals surface area contributed by atoms with Crippen molar-refractivity contribution in [2.75, 3.05) is 18.5 Å². The first kappa shape index (κ1) is 22.5. The lowest BCUT2D eigenvalue weighted by atomic mass is 9.96. The van der Waals surface area contributed by atoms with Crippen molar-refractivity contribution in [3.05, 3.63) is 25.8 Å². The molecule has 1 aliphatic rings. The van der Waals surface area contributed by atoms with E-state index >= 15 is 0 Å². The Hall–Kier alpha value is -0.740. The summed E-state index contributed by atoms with van der Waals surface area (Å²) in [7, 11) is 0.